The van der Waals surface area contributed by atoms with Gasteiger partial charge in [-0.05, 0) is 58.2 Å². The molecule has 112 valence electrons. The van der Waals surface area contributed by atoms with Gasteiger partial charge < -0.3 is 5.73 Å². The Kier molecular flexibility index (Phi) is 5.22. The molecule has 0 heterocycles. The molecule has 1 aromatic carbocycles. The Bertz CT molecular complexity index is 421. The van der Waals surface area contributed by atoms with E-state index in [4.69, 9.17) is 5.73 Å². The van der Waals surface area contributed by atoms with Gasteiger partial charge in [0.15, 0.2) is 0 Å². The van der Waals surface area contributed by atoms with Gasteiger partial charge in [0, 0.05) is 12.1 Å². The minimum Gasteiger partial charge on any atom is -0.330 e. The Hall–Kier alpha value is -0.860. The van der Waals surface area contributed by atoms with Crippen LogP contribution in [0, 0.1) is 19.8 Å². The Morgan fingerprint density at radius 1 is 1.20 bits per heavy atom. The van der Waals surface area contributed by atoms with Gasteiger partial charge in [-0.25, -0.2) is 0 Å². The van der Waals surface area contributed by atoms with Crippen molar-refractivity contribution in [1.82, 2.24) is 4.90 Å². The van der Waals surface area contributed by atoms with E-state index in [0.717, 1.165) is 13.1 Å². The minimum absolute atomic E-state index is 0.482. The van der Waals surface area contributed by atoms with Crippen LogP contribution in [0.1, 0.15) is 55.8 Å². The lowest BCUT2D eigenvalue weighted by molar-refractivity contribution is 0.123. The molecule has 3 unspecified atom stereocenters. The first-order valence-electron chi connectivity index (χ1n) is 8.10. The maximum absolute atomic E-state index is 5.98. The molecule has 0 radical (unpaired) electrons. The van der Waals surface area contributed by atoms with E-state index in [0.29, 0.717) is 18.0 Å². The van der Waals surface area contributed by atoms with Crippen molar-refractivity contribution >= 4 is 0 Å². The van der Waals surface area contributed by atoms with E-state index in [9.17, 15) is 0 Å². The average molecular weight is 274 g/mol. The predicted octanol–water partition coefficient (Wildman–Crippen LogP) is 3.81. The molecule has 0 bridgehead atoms. The van der Waals surface area contributed by atoms with Crippen LogP contribution < -0.4 is 5.73 Å². The van der Waals surface area contributed by atoms with Crippen molar-refractivity contribution in [3.8, 4) is 0 Å². The standard InChI is InChI=1S/C18H30N2/c1-5-20(18-8-6-7-16(18)12-19)15(4)17-10-13(2)9-14(3)11-17/h9-11,15-16,18H,5-8,12,19H2,1-4H3. The molecule has 2 rings (SSSR count). The lowest BCUT2D eigenvalue weighted by Gasteiger charge is -2.37. The number of aryl methyl sites for hydroxylation is 2. The molecule has 3 atom stereocenters. The minimum atomic E-state index is 0.482. The van der Waals surface area contributed by atoms with E-state index < -0.39 is 0 Å². The molecule has 0 spiro atoms. The molecule has 1 aliphatic carbocycles. The van der Waals surface area contributed by atoms with E-state index in [1.54, 1.807) is 0 Å². The monoisotopic (exact) mass is 274 g/mol. The molecule has 1 aliphatic rings. The topological polar surface area (TPSA) is 29.3 Å². The summed E-state index contributed by atoms with van der Waals surface area (Å²) in [5.74, 6) is 0.684. The largest absolute Gasteiger partial charge is 0.330 e. The van der Waals surface area contributed by atoms with Crippen molar-refractivity contribution in [2.45, 2.75) is 59.0 Å². The molecular weight excluding hydrogens is 244 g/mol. The normalized spacial score (nSPS) is 24.3. The quantitative estimate of drug-likeness (QED) is 0.884. The highest BCUT2D eigenvalue weighted by atomic mass is 15.2. The number of rotatable bonds is 5. The molecule has 1 fully saturated rings. The number of benzene rings is 1. The van der Waals surface area contributed by atoms with E-state index >= 15 is 0 Å². The van der Waals surface area contributed by atoms with Crippen LogP contribution in [0.3, 0.4) is 0 Å². The first-order valence-corrected chi connectivity index (χ1v) is 8.10. The third kappa shape index (κ3) is 3.24. The molecule has 2 nitrogen and oxygen atoms in total. The third-order valence-electron chi connectivity index (χ3n) is 4.94. The predicted molar refractivity (Wildman–Crippen MR) is 86.9 cm³/mol. The Morgan fingerprint density at radius 2 is 1.85 bits per heavy atom. The highest BCUT2D eigenvalue weighted by Gasteiger charge is 2.33. The van der Waals surface area contributed by atoms with E-state index in [-0.39, 0.29) is 0 Å². The van der Waals surface area contributed by atoms with Gasteiger partial charge in [-0.3, -0.25) is 4.90 Å². The molecule has 0 saturated heterocycles. The van der Waals surface area contributed by atoms with Crippen LogP contribution in [0.2, 0.25) is 0 Å². The smallest absolute Gasteiger partial charge is 0.0323 e. The van der Waals surface area contributed by atoms with Crippen molar-refractivity contribution in [1.29, 1.82) is 0 Å². The zero-order valence-corrected chi connectivity index (χ0v) is 13.5. The molecule has 2 N–H and O–H groups in total. The lowest BCUT2D eigenvalue weighted by atomic mass is 9.96. The third-order valence-corrected chi connectivity index (χ3v) is 4.94. The Morgan fingerprint density at radius 3 is 2.40 bits per heavy atom. The van der Waals surface area contributed by atoms with Crippen molar-refractivity contribution in [2.75, 3.05) is 13.1 Å². The van der Waals surface area contributed by atoms with E-state index in [2.05, 4.69) is 50.8 Å². The molecule has 20 heavy (non-hydrogen) atoms. The summed E-state index contributed by atoms with van der Waals surface area (Å²) in [6, 6.07) is 8.08. The van der Waals surface area contributed by atoms with Gasteiger partial charge in [-0.1, -0.05) is 42.7 Å². The first-order chi connectivity index (χ1) is 9.56. The van der Waals surface area contributed by atoms with Crippen LogP contribution >= 0.6 is 0 Å². The number of hydrogen-bond donors (Lipinski definition) is 1. The summed E-state index contributed by atoms with van der Waals surface area (Å²) >= 11 is 0. The molecule has 0 aromatic heterocycles. The number of nitrogens with zero attached hydrogens (tertiary/aromatic N) is 1. The molecule has 1 saturated carbocycles. The van der Waals surface area contributed by atoms with E-state index in [1.165, 1.54) is 36.0 Å². The van der Waals surface area contributed by atoms with E-state index in [1.807, 2.05) is 0 Å². The van der Waals surface area contributed by atoms with Gasteiger partial charge in [0.25, 0.3) is 0 Å². The molecule has 0 amide bonds. The van der Waals surface area contributed by atoms with Gasteiger partial charge in [0.05, 0.1) is 0 Å². The second-order valence-corrected chi connectivity index (χ2v) is 6.42. The lowest BCUT2D eigenvalue weighted by Crippen LogP contribution is -2.41. The molecular formula is C18H30N2. The van der Waals surface area contributed by atoms with Crippen molar-refractivity contribution in [3.63, 3.8) is 0 Å². The highest BCUT2D eigenvalue weighted by Crippen LogP contribution is 2.34. The summed E-state index contributed by atoms with van der Waals surface area (Å²) < 4.78 is 0. The molecule has 0 aliphatic heterocycles. The van der Waals surface area contributed by atoms with Crippen LogP contribution in [0.15, 0.2) is 18.2 Å². The number of hydrogen-bond acceptors (Lipinski definition) is 2. The second-order valence-electron chi connectivity index (χ2n) is 6.42. The zero-order valence-electron chi connectivity index (χ0n) is 13.5. The van der Waals surface area contributed by atoms with Crippen LogP contribution in [0.5, 0.6) is 0 Å². The van der Waals surface area contributed by atoms with Gasteiger partial charge in [-0.15, -0.1) is 0 Å². The fraction of sp³-hybridized carbons (Fsp3) is 0.667. The van der Waals surface area contributed by atoms with Crippen LogP contribution in [-0.4, -0.2) is 24.0 Å². The maximum Gasteiger partial charge on any atom is 0.0323 e. The summed E-state index contributed by atoms with van der Waals surface area (Å²) in [6.07, 6.45) is 3.95. The molecule has 2 heteroatoms. The summed E-state index contributed by atoms with van der Waals surface area (Å²) in [4.78, 5) is 2.67. The summed E-state index contributed by atoms with van der Waals surface area (Å²) in [7, 11) is 0. The van der Waals surface area contributed by atoms with Gasteiger partial charge in [-0.2, -0.15) is 0 Å². The fourth-order valence-electron chi connectivity index (χ4n) is 3.97. The van der Waals surface area contributed by atoms with Crippen LogP contribution in [0.4, 0.5) is 0 Å². The summed E-state index contributed by atoms with van der Waals surface area (Å²) in [6.45, 7) is 11.0. The zero-order chi connectivity index (χ0) is 14.7. The Balaban J connectivity index is 2.22. The Labute approximate surface area is 124 Å². The van der Waals surface area contributed by atoms with Crippen molar-refractivity contribution < 1.29 is 0 Å². The number of nitrogens with two attached hydrogens (primary N) is 1. The van der Waals surface area contributed by atoms with Crippen LogP contribution in [-0.2, 0) is 0 Å². The highest BCUT2D eigenvalue weighted by molar-refractivity contribution is 5.30. The second kappa shape index (κ2) is 6.73. The van der Waals surface area contributed by atoms with Gasteiger partial charge >= 0.3 is 0 Å². The van der Waals surface area contributed by atoms with Crippen molar-refractivity contribution in [3.05, 3.63) is 34.9 Å². The maximum atomic E-state index is 5.98. The van der Waals surface area contributed by atoms with Gasteiger partial charge in [0.2, 0.25) is 0 Å². The first kappa shape index (κ1) is 15.5. The SMILES string of the molecule is CCN(C(C)c1cc(C)cc(C)c1)C1CCCC1CN. The molecule has 1 aromatic rings. The van der Waals surface area contributed by atoms with Crippen molar-refractivity contribution in [2.24, 2.45) is 11.7 Å². The average Bonchev–Trinajstić information content (AvgIpc) is 2.86. The summed E-state index contributed by atoms with van der Waals surface area (Å²) in [5, 5.41) is 0. The fourth-order valence-corrected chi connectivity index (χ4v) is 3.97. The van der Waals surface area contributed by atoms with Crippen LogP contribution in [0.25, 0.3) is 0 Å². The van der Waals surface area contributed by atoms with Gasteiger partial charge in [0.1, 0.15) is 0 Å². The summed E-state index contributed by atoms with van der Waals surface area (Å²) in [5.41, 5.74) is 10.2.